The minimum atomic E-state index is -0.281. The molecule has 1 aliphatic heterocycles. The van der Waals surface area contributed by atoms with E-state index in [1.54, 1.807) is 4.90 Å². The van der Waals surface area contributed by atoms with Gasteiger partial charge in [0.1, 0.15) is 0 Å². The highest BCUT2D eigenvalue weighted by molar-refractivity contribution is 6.02. The Bertz CT molecular complexity index is 584. The molecule has 0 saturated carbocycles. The highest BCUT2D eigenvalue weighted by Gasteiger charge is 2.35. The molecule has 1 aromatic rings. The van der Waals surface area contributed by atoms with Crippen molar-refractivity contribution in [2.24, 2.45) is 5.41 Å². The number of carbonyl (C=O) groups is 2. The fraction of sp³-hybridized carbons (Fsp3) is 0.579. The predicted octanol–water partition coefficient (Wildman–Crippen LogP) is 3.91. The number of hydrogen-bond donors (Lipinski definition) is 0. The lowest BCUT2D eigenvalue weighted by atomic mass is 9.91. The molecule has 0 aliphatic carbocycles. The molecule has 0 bridgehead atoms. The molecule has 1 atom stereocenters. The maximum Gasteiger partial charge on any atom is 0.223 e. The monoisotopic (exact) mass is 301 g/mol. The second-order valence-corrected chi connectivity index (χ2v) is 7.65. The van der Waals surface area contributed by atoms with Crippen LogP contribution in [0.25, 0.3) is 0 Å². The van der Waals surface area contributed by atoms with Crippen molar-refractivity contribution in [1.82, 2.24) is 4.90 Å². The molecule has 22 heavy (non-hydrogen) atoms. The van der Waals surface area contributed by atoms with E-state index in [0.717, 1.165) is 24.0 Å². The highest BCUT2D eigenvalue weighted by atomic mass is 16.2. The fourth-order valence-electron chi connectivity index (χ4n) is 2.98. The number of hydrogen-bond acceptors (Lipinski definition) is 2. The standard InChI is InChI=1S/C19H27NO2/c1-13-8-9-15(11-14(13)2)18(22)16-7-6-10-20(16)17(21)12-19(3,4)5/h8-9,11,16H,6-7,10,12H2,1-5H3. The van der Waals surface area contributed by atoms with E-state index < -0.39 is 0 Å². The quantitative estimate of drug-likeness (QED) is 0.794. The molecule has 0 aromatic heterocycles. The van der Waals surface area contributed by atoms with E-state index in [4.69, 9.17) is 0 Å². The van der Waals surface area contributed by atoms with Crippen molar-refractivity contribution in [3.05, 3.63) is 34.9 Å². The lowest BCUT2D eigenvalue weighted by Gasteiger charge is -2.27. The summed E-state index contributed by atoms with van der Waals surface area (Å²) < 4.78 is 0. The zero-order chi connectivity index (χ0) is 16.5. The van der Waals surface area contributed by atoms with Gasteiger partial charge >= 0.3 is 0 Å². The van der Waals surface area contributed by atoms with Gasteiger partial charge in [-0.1, -0.05) is 32.9 Å². The van der Waals surface area contributed by atoms with Crippen molar-refractivity contribution in [3.8, 4) is 0 Å². The van der Waals surface area contributed by atoms with Crippen LogP contribution in [0, 0.1) is 19.3 Å². The van der Waals surface area contributed by atoms with Crippen molar-refractivity contribution in [2.45, 2.75) is 59.9 Å². The van der Waals surface area contributed by atoms with E-state index >= 15 is 0 Å². The van der Waals surface area contributed by atoms with Gasteiger partial charge in [0.15, 0.2) is 5.78 Å². The summed E-state index contributed by atoms with van der Waals surface area (Å²) in [4.78, 5) is 27.1. The van der Waals surface area contributed by atoms with Gasteiger partial charge in [0.2, 0.25) is 5.91 Å². The lowest BCUT2D eigenvalue weighted by molar-refractivity contribution is -0.133. The number of nitrogens with zero attached hydrogens (tertiary/aromatic N) is 1. The number of aryl methyl sites for hydroxylation is 2. The Balaban J connectivity index is 2.17. The number of likely N-dealkylation sites (tertiary alicyclic amines) is 1. The van der Waals surface area contributed by atoms with Crippen molar-refractivity contribution < 1.29 is 9.59 Å². The smallest absolute Gasteiger partial charge is 0.223 e. The topological polar surface area (TPSA) is 37.4 Å². The van der Waals surface area contributed by atoms with Crippen LogP contribution < -0.4 is 0 Å². The summed E-state index contributed by atoms with van der Waals surface area (Å²) in [5.74, 6) is 0.190. The van der Waals surface area contributed by atoms with Gasteiger partial charge in [-0.15, -0.1) is 0 Å². The molecule has 1 amide bonds. The van der Waals surface area contributed by atoms with Gasteiger partial charge in [0, 0.05) is 18.5 Å². The second kappa shape index (κ2) is 6.23. The van der Waals surface area contributed by atoms with Crippen LogP contribution in [0.3, 0.4) is 0 Å². The first-order valence-electron chi connectivity index (χ1n) is 8.10. The molecule has 0 N–H and O–H groups in total. The van der Waals surface area contributed by atoms with Crippen LogP contribution in [0.1, 0.15) is 61.5 Å². The summed E-state index contributed by atoms with van der Waals surface area (Å²) >= 11 is 0. The number of ketones is 1. The van der Waals surface area contributed by atoms with Crippen molar-refractivity contribution in [1.29, 1.82) is 0 Å². The molecule has 1 saturated heterocycles. The third kappa shape index (κ3) is 3.76. The molecule has 1 fully saturated rings. The molecule has 3 nitrogen and oxygen atoms in total. The second-order valence-electron chi connectivity index (χ2n) is 7.65. The average molecular weight is 301 g/mol. The molecule has 1 aromatic carbocycles. The highest BCUT2D eigenvalue weighted by Crippen LogP contribution is 2.27. The largest absolute Gasteiger partial charge is 0.332 e. The van der Waals surface area contributed by atoms with E-state index in [1.807, 2.05) is 32.0 Å². The van der Waals surface area contributed by atoms with Crippen LogP contribution >= 0.6 is 0 Å². The molecule has 1 unspecified atom stereocenters. The van der Waals surface area contributed by atoms with E-state index in [0.29, 0.717) is 13.0 Å². The van der Waals surface area contributed by atoms with Gasteiger partial charge in [-0.3, -0.25) is 9.59 Å². The molecule has 0 spiro atoms. The summed E-state index contributed by atoms with van der Waals surface area (Å²) in [5.41, 5.74) is 2.98. The molecule has 2 rings (SSSR count). The number of rotatable bonds is 3. The third-order valence-electron chi connectivity index (χ3n) is 4.35. The number of carbonyl (C=O) groups excluding carboxylic acids is 2. The van der Waals surface area contributed by atoms with Crippen LogP contribution in [0.15, 0.2) is 18.2 Å². The first kappa shape index (κ1) is 16.7. The van der Waals surface area contributed by atoms with Crippen LogP contribution in [-0.4, -0.2) is 29.2 Å². The molecule has 0 radical (unpaired) electrons. The molecule has 3 heteroatoms. The van der Waals surface area contributed by atoms with Crippen LogP contribution in [0.4, 0.5) is 0 Å². The molecule has 120 valence electrons. The number of amides is 1. The number of Topliss-reactive ketones (excluding diaryl/α,β-unsaturated/α-hetero) is 1. The summed E-state index contributed by atoms with van der Waals surface area (Å²) in [7, 11) is 0. The predicted molar refractivity (Wildman–Crippen MR) is 89.1 cm³/mol. The lowest BCUT2D eigenvalue weighted by Crippen LogP contribution is -2.41. The SMILES string of the molecule is Cc1ccc(C(=O)C2CCCN2C(=O)CC(C)(C)C)cc1C. The van der Waals surface area contributed by atoms with Crippen molar-refractivity contribution in [2.75, 3.05) is 6.54 Å². The Hall–Kier alpha value is -1.64. The summed E-state index contributed by atoms with van der Waals surface area (Å²) in [6.07, 6.45) is 2.18. The van der Waals surface area contributed by atoms with E-state index in [2.05, 4.69) is 20.8 Å². The van der Waals surface area contributed by atoms with Crippen molar-refractivity contribution in [3.63, 3.8) is 0 Å². The molecular formula is C19H27NO2. The van der Waals surface area contributed by atoms with Gasteiger partial charge in [-0.2, -0.15) is 0 Å². The first-order valence-corrected chi connectivity index (χ1v) is 8.10. The Morgan fingerprint density at radius 2 is 1.86 bits per heavy atom. The zero-order valence-corrected chi connectivity index (χ0v) is 14.4. The van der Waals surface area contributed by atoms with Crippen molar-refractivity contribution >= 4 is 11.7 Å². The summed E-state index contributed by atoms with van der Waals surface area (Å²) in [5, 5.41) is 0. The maximum absolute atomic E-state index is 12.8. The average Bonchev–Trinajstić information content (AvgIpc) is 2.88. The van der Waals surface area contributed by atoms with Crippen LogP contribution in [0.2, 0.25) is 0 Å². The zero-order valence-electron chi connectivity index (χ0n) is 14.4. The molecular weight excluding hydrogens is 274 g/mol. The first-order chi connectivity index (χ1) is 10.2. The van der Waals surface area contributed by atoms with Gasteiger partial charge in [0.25, 0.3) is 0 Å². The molecule has 1 heterocycles. The van der Waals surface area contributed by atoms with Gasteiger partial charge < -0.3 is 4.90 Å². The van der Waals surface area contributed by atoms with Crippen LogP contribution in [-0.2, 0) is 4.79 Å². The molecule has 1 aliphatic rings. The summed E-state index contributed by atoms with van der Waals surface area (Å²) in [6.45, 7) is 10.9. The number of benzene rings is 1. The van der Waals surface area contributed by atoms with Gasteiger partial charge in [0.05, 0.1) is 6.04 Å². The maximum atomic E-state index is 12.8. The minimum absolute atomic E-state index is 0.0479. The Labute approximate surface area is 133 Å². The Morgan fingerprint density at radius 1 is 1.18 bits per heavy atom. The minimum Gasteiger partial charge on any atom is -0.332 e. The fourth-order valence-corrected chi connectivity index (χ4v) is 2.98. The van der Waals surface area contributed by atoms with E-state index in [9.17, 15) is 9.59 Å². The normalized spacial score (nSPS) is 18.6. The van der Waals surface area contributed by atoms with Gasteiger partial charge in [-0.25, -0.2) is 0 Å². The Morgan fingerprint density at radius 3 is 2.45 bits per heavy atom. The van der Waals surface area contributed by atoms with Gasteiger partial charge in [-0.05, 0) is 49.3 Å². The summed E-state index contributed by atoms with van der Waals surface area (Å²) in [6, 6.07) is 5.54. The Kier molecular flexibility index (Phi) is 4.74. The van der Waals surface area contributed by atoms with E-state index in [1.165, 1.54) is 5.56 Å². The van der Waals surface area contributed by atoms with Crippen LogP contribution in [0.5, 0.6) is 0 Å². The van der Waals surface area contributed by atoms with E-state index in [-0.39, 0.29) is 23.1 Å². The third-order valence-corrected chi connectivity index (χ3v) is 4.35.